The molecule has 174 valence electrons. The summed E-state index contributed by atoms with van der Waals surface area (Å²) in [5, 5.41) is 0. The molecule has 0 aliphatic heterocycles. The summed E-state index contributed by atoms with van der Waals surface area (Å²) < 4.78 is 11.4. The number of hydrogen-bond donors (Lipinski definition) is 0. The molecule has 2 aliphatic rings. The summed E-state index contributed by atoms with van der Waals surface area (Å²) in [6.45, 7) is 16.0. The number of ether oxygens (including phenoxy) is 2. The van der Waals surface area contributed by atoms with E-state index in [-0.39, 0.29) is 40.5 Å². The fourth-order valence-corrected chi connectivity index (χ4v) is 5.61. The third-order valence-electron chi connectivity index (χ3n) is 7.38. The molecule has 0 saturated heterocycles. The highest BCUT2D eigenvalue weighted by atomic mass is 16.5. The van der Waals surface area contributed by atoms with Crippen LogP contribution in [0, 0.1) is 40.4 Å². The first kappa shape index (κ1) is 25.2. The van der Waals surface area contributed by atoms with Gasteiger partial charge in [-0.05, 0) is 48.3 Å². The van der Waals surface area contributed by atoms with Crippen LogP contribution in [0.3, 0.4) is 0 Å². The monoisotopic (exact) mass is 422 g/mol. The van der Waals surface area contributed by atoms with Gasteiger partial charge in [-0.3, -0.25) is 9.59 Å². The molecule has 4 atom stereocenters. The van der Waals surface area contributed by atoms with Crippen LogP contribution in [0.4, 0.5) is 0 Å². The Labute approximate surface area is 184 Å². The second-order valence-corrected chi connectivity index (χ2v) is 12.1. The van der Waals surface area contributed by atoms with Gasteiger partial charge in [0.25, 0.3) is 0 Å². The molecular weight excluding hydrogens is 376 g/mol. The van der Waals surface area contributed by atoms with Gasteiger partial charge in [0.1, 0.15) is 0 Å². The van der Waals surface area contributed by atoms with E-state index in [4.69, 9.17) is 9.47 Å². The van der Waals surface area contributed by atoms with Crippen molar-refractivity contribution in [2.45, 2.75) is 99.8 Å². The Morgan fingerprint density at radius 2 is 1.03 bits per heavy atom. The van der Waals surface area contributed by atoms with Crippen molar-refractivity contribution >= 4 is 11.9 Å². The van der Waals surface area contributed by atoms with Crippen molar-refractivity contribution in [2.75, 3.05) is 13.2 Å². The summed E-state index contributed by atoms with van der Waals surface area (Å²) >= 11 is 0. The van der Waals surface area contributed by atoms with Crippen LogP contribution in [0.15, 0.2) is 0 Å². The Morgan fingerprint density at radius 1 is 0.700 bits per heavy atom. The van der Waals surface area contributed by atoms with Crippen LogP contribution < -0.4 is 0 Å². The standard InChI is InChI=1S/C26H46O4/c1-18(16-29-23(27)19-12-8-10-14-21(19)25(2,3)4)17-30-24(28)20-13-9-11-15-22(20)26(5,6)7/h18-22H,8-17H2,1-7H3. The first-order valence-electron chi connectivity index (χ1n) is 12.2. The zero-order valence-corrected chi connectivity index (χ0v) is 20.6. The highest BCUT2D eigenvalue weighted by Crippen LogP contribution is 2.43. The Morgan fingerprint density at radius 3 is 1.37 bits per heavy atom. The van der Waals surface area contributed by atoms with E-state index >= 15 is 0 Å². The normalized spacial score (nSPS) is 29.2. The first-order valence-corrected chi connectivity index (χ1v) is 12.2. The lowest BCUT2D eigenvalue weighted by molar-refractivity contribution is -0.159. The molecule has 0 heterocycles. The van der Waals surface area contributed by atoms with Crippen molar-refractivity contribution in [2.24, 2.45) is 40.4 Å². The molecule has 0 N–H and O–H groups in total. The average molecular weight is 423 g/mol. The van der Waals surface area contributed by atoms with Crippen molar-refractivity contribution in [3.63, 3.8) is 0 Å². The van der Waals surface area contributed by atoms with E-state index in [1.807, 2.05) is 6.92 Å². The minimum absolute atomic E-state index is 0.00304. The maximum Gasteiger partial charge on any atom is 0.309 e. The Kier molecular flexibility index (Phi) is 8.82. The molecule has 30 heavy (non-hydrogen) atoms. The summed E-state index contributed by atoms with van der Waals surface area (Å²) in [6, 6.07) is 0. The van der Waals surface area contributed by atoms with E-state index in [1.54, 1.807) is 0 Å². The Bertz CT molecular complexity index is 519. The van der Waals surface area contributed by atoms with E-state index < -0.39 is 0 Å². The van der Waals surface area contributed by atoms with E-state index in [0.717, 1.165) is 38.5 Å². The summed E-state index contributed by atoms with van der Waals surface area (Å²) in [7, 11) is 0. The predicted octanol–water partition coefficient (Wildman–Crippen LogP) is 6.41. The minimum atomic E-state index is -0.0621. The predicted molar refractivity (Wildman–Crippen MR) is 121 cm³/mol. The summed E-state index contributed by atoms with van der Waals surface area (Å²) in [6.07, 6.45) is 8.69. The second-order valence-electron chi connectivity index (χ2n) is 12.1. The van der Waals surface area contributed by atoms with Crippen LogP contribution in [0.2, 0.25) is 0 Å². The van der Waals surface area contributed by atoms with Gasteiger partial charge in [-0.15, -0.1) is 0 Å². The maximum absolute atomic E-state index is 12.8. The summed E-state index contributed by atoms with van der Waals surface area (Å²) in [5.41, 5.74) is 0.240. The third-order valence-corrected chi connectivity index (χ3v) is 7.38. The lowest BCUT2D eigenvalue weighted by Gasteiger charge is -2.39. The molecule has 4 heteroatoms. The van der Waals surface area contributed by atoms with Gasteiger partial charge in [-0.1, -0.05) is 74.1 Å². The van der Waals surface area contributed by atoms with Crippen LogP contribution in [-0.2, 0) is 19.1 Å². The molecule has 0 amide bonds. The quantitative estimate of drug-likeness (QED) is 0.464. The molecule has 0 bridgehead atoms. The van der Waals surface area contributed by atoms with E-state index in [0.29, 0.717) is 25.0 Å². The molecule has 2 aliphatic carbocycles. The zero-order chi connectivity index (χ0) is 22.5. The summed E-state index contributed by atoms with van der Waals surface area (Å²) in [5.74, 6) is 0.665. The smallest absolute Gasteiger partial charge is 0.309 e. The van der Waals surface area contributed by atoms with Crippen LogP contribution in [-0.4, -0.2) is 25.2 Å². The Balaban J connectivity index is 1.80. The molecule has 2 rings (SSSR count). The third kappa shape index (κ3) is 6.99. The minimum Gasteiger partial charge on any atom is -0.465 e. The van der Waals surface area contributed by atoms with Crippen LogP contribution in [0.1, 0.15) is 99.8 Å². The molecule has 0 aromatic carbocycles. The van der Waals surface area contributed by atoms with Crippen LogP contribution in [0.25, 0.3) is 0 Å². The number of carbonyl (C=O) groups is 2. The van der Waals surface area contributed by atoms with Crippen molar-refractivity contribution < 1.29 is 19.1 Å². The number of rotatable bonds is 6. The molecule has 4 nitrogen and oxygen atoms in total. The van der Waals surface area contributed by atoms with Crippen LogP contribution in [0.5, 0.6) is 0 Å². The maximum atomic E-state index is 12.8. The molecule has 0 aromatic rings. The largest absolute Gasteiger partial charge is 0.465 e. The molecule has 0 spiro atoms. The zero-order valence-electron chi connectivity index (χ0n) is 20.6. The Hall–Kier alpha value is -1.06. The van der Waals surface area contributed by atoms with Gasteiger partial charge in [0.05, 0.1) is 25.0 Å². The van der Waals surface area contributed by atoms with Crippen molar-refractivity contribution in [1.82, 2.24) is 0 Å². The molecule has 2 fully saturated rings. The van der Waals surface area contributed by atoms with Gasteiger partial charge in [0.15, 0.2) is 0 Å². The molecule has 2 saturated carbocycles. The van der Waals surface area contributed by atoms with Gasteiger partial charge in [-0.25, -0.2) is 0 Å². The van der Waals surface area contributed by atoms with Crippen molar-refractivity contribution in [3.05, 3.63) is 0 Å². The topological polar surface area (TPSA) is 52.6 Å². The fraction of sp³-hybridized carbons (Fsp3) is 0.923. The first-order chi connectivity index (χ1) is 13.9. The molecular formula is C26H46O4. The molecule has 0 aromatic heterocycles. The van der Waals surface area contributed by atoms with Gasteiger partial charge >= 0.3 is 11.9 Å². The highest BCUT2D eigenvalue weighted by Gasteiger charge is 2.40. The number of hydrogen-bond acceptors (Lipinski definition) is 4. The van der Waals surface area contributed by atoms with E-state index in [2.05, 4.69) is 41.5 Å². The lowest BCUT2D eigenvalue weighted by Crippen LogP contribution is -2.38. The SMILES string of the molecule is CC(COC(=O)C1CCCCC1C(C)(C)C)COC(=O)C1CCCCC1C(C)(C)C. The lowest BCUT2D eigenvalue weighted by atomic mass is 9.66. The van der Waals surface area contributed by atoms with E-state index in [9.17, 15) is 9.59 Å². The second kappa shape index (κ2) is 10.5. The van der Waals surface area contributed by atoms with Gasteiger partial charge in [-0.2, -0.15) is 0 Å². The van der Waals surface area contributed by atoms with Gasteiger partial charge in [0.2, 0.25) is 0 Å². The highest BCUT2D eigenvalue weighted by molar-refractivity contribution is 5.73. The number of carbonyl (C=O) groups excluding carboxylic acids is 2. The molecule has 0 radical (unpaired) electrons. The van der Waals surface area contributed by atoms with E-state index in [1.165, 1.54) is 12.8 Å². The fourth-order valence-electron chi connectivity index (χ4n) is 5.61. The van der Waals surface area contributed by atoms with Crippen molar-refractivity contribution in [1.29, 1.82) is 0 Å². The van der Waals surface area contributed by atoms with Gasteiger partial charge in [0, 0.05) is 5.92 Å². The average Bonchev–Trinajstić information content (AvgIpc) is 2.68. The summed E-state index contributed by atoms with van der Waals surface area (Å²) in [4.78, 5) is 25.5. The van der Waals surface area contributed by atoms with Gasteiger partial charge < -0.3 is 9.47 Å². The number of esters is 2. The molecule has 4 unspecified atom stereocenters. The van der Waals surface area contributed by atoms with Crippen LogP contribution >= 0.6 is 0 Å². The van der Waals surface area contributed by atoms with Crippen molar-refractivity contribution in [3.8, 4) is 0 Å².